The molecule has 0 amide bonds. The Labute approximate surface area is 123 Å². The van der Waals surface area contributed by atoms with Crippen LogP contribution in [0.5, 0.6) is 0 Å². The van der Waals surface area contributed by atoms with Crippen molar-refractivity contribution in [2.45, 2.75) is 47.6 Å². The zero-order chi connectivity index (χ0) is 15.4. The first kappa shape index (κ1) is 17.0. The van der Waals surface area contributed by atoms with Gasteiger partial charge in [-0.1, -0.05) is 27.7 Å². The number of benzene rings is 1. The summed E-state index contributed by atoms with van der Waals surface area (Å²) in [6.45, 7) is 14.5. The number of rotatable bonds is 6. The zero-order valence-electron chi connectivity index (χ0n) is 13.7. The third kappa shape index (κ3) is 4.48. The van der Waals surface area contributed by atoms with Gasteiger partial charge in [-0.3, -0.25) is 0 Å². The number of halogens is 1. The van der Waals surface area contributed by atoms with Crippen LogP contribution < -0.4 is 10.6 Å². The van der Waals surface area contributed by atoms with Gasteiger partial charge in [-0.2, -0.15) is 0 Å². The Bertz CT molecular complexity index is 429. The van der Waals surface area contributed by atoms with E-state index in [4.69, 9.17) is 5.73 Å². The van der Waals surface area contributed by atoms with Crippen molar-refractivity contribution in [2.75, 3.05) is 18.0 Å². The van der Waals surface area contributed by atoms with Crippen LogP contribution in [0.3, 0.4) is 0 Å². The maximum atomic E-state index is 13.8. The van der Waals surface area contributed by atoms with Crippen LogP contribution >= 0.6 is 0 Å². The largest absolute Gasteiger partial charge is 0.371 e. The second-order valence-electron chi connectivity index (χ2n) is 6.64. The summed E-state index contributed by atoms with van der Waals surface area (Å²) in [5, 5.41) is 0. The molecule has 0 heterocycles. The van der Waals surface area contributed by atoms with Crippen molar-refractivity contribution >= 4 is 5.69 Å². The minimum Gasteiger partial charge on any atom is -0.371 e. The third-order valence-corrected chi connectivity index (χ3v) is 3.31. The lowest BCUT2D eigenvalue weighted by atomic mass is 10.0. The average Bonchev–Trinajstić information content (AvgIpc) is 2.29. The van der Waals surface area contributed by atoms with Gasteiger partial charge in [0.25, 0.3) is 0 Å². The van der Waals surface area contributed by atoms with Crippen LogP contribution in [0.4, 0.5) is 10.1 Å². The number of hydrogen-bond acceptors (Lipinski definition) is 2. The Hall–Kier alpha value is -1.09. The standard InChI is InChI=1S/C17H29FN2/c1-11(2)9-20(10-12(3)4)17-7-13(5)16(18)8-15(17)14(6)19/h7-8,11-12,14H,9-10,19H2,1-6H3/t14-/m1/s1. The quantitative estimate of drug-likeness (QED) is 0.843. The lowest BCUT2D eigenvalue weighted by Crippen LogP contribution is -2.33. The van der Waals surface area contributed by atoms with Gasteiger partial charge < -0.3 is 10.6 Å². The molecular weight excluding hydrogens is 251 g/mol. The van der Waals surface area contributed by atoms with Crippen LogP contribution in [-0.2, 0) is 0 Å². The minimum absolute atomic E-state index is 0.165. The minimum atomic E-state index is -0.171. The van der Waals surface area contributed by atoms with E-state index in [2.05, 4.69) is 32.6 Å². The van der Waals surface area contributed by atoms with Gasteiger partial charge in [-0.25, -0.2) is 4.39 Å². The highest BCUT2D eigenvalue weighted by molar-refractivity contribution is 5.57. The van der Waals surface area contributed by atoms with E-state index in [0.717, 1.165) is 24.3 Å². The first-order valence-corrected chi connectivity index (χ1v) is 7.53. The fourth-order valence-electron chi connectivity index (χ4n) is 2.47. The van der Waals surface area contributed by atoms with E-state index in [0.29, 0.717) is 17.4 Å². The molecule has 0 aliphatic carbocycles. The molecule has 0 spiro atoms. The average molecular weight is 280 g/mol. The van der Waals surface area contributed by atoms with Crippen molar-refractivity contribution in [2.24, 2.45) is 17.6 Å². The molecule has 0 aliphatic rings. The smallest absolute Gasteiger partial charge is 0.126 e. The summed E-state index contributed by atoms with van der Waals surface area (Å²) in [6, 6.07) is 3.38. The molecule has 1 atom stereocenters. The fraction of sp³-hybridized carbons (Fsp3) is 0.647. The first-order chi connectivity index (χ1) is 9.22. The number of hydrogen-bond donors (Lipinski definition) is 1. The molecule has 1 rings (SSSR count). The summed E-state index contributed by atoms with van der Waals surface area (Å²) in [6.07, 6.45) is 0. The molecule has 0 fully saturated rings. The van der Waals surface area contributed by atoms with Crippen molar-refractivity contribution in [1.29, 1.82) is 0 Å². The van der Waals surface area contributed by atoms with E-state index in [-0.39, 0.29) is 11.9 Å². The van der Waals surface area contributed by atoms with E-state index in [1.54, 1.807) is 6.07 Å². The van der Waals surface area contributed by atoms with Gasteiger partial charge in [-0.15, -0.1) is 0 Å². The molecule has 0 saturated heterocycles. The van der Waals surface area contributed by atoms with Crippen molar-refractivity contribution in [3.8, 4) is 0 Å². The summed E-state index contributed by atoms with van der Waals surface area (Å²) in [5.74, 6) is 0.940. The maximum Gasteiger partial charge on any atom is 0.126 e. The zero-order valence-corrected chi connectivity index (χ0v) is 13.7. The molecule has 2 nitrogen and oxygen atoms in total. The molecule has 0 radical (unpaired) electrons. The first-order valence-electron chi connectivity index (χ1n) is 7.53. The molecule has 2 N–H and O–H groups in total. The number of nitrogens with zero attached hydrogens (tertiary/aromatic N) is 1. The topological polar surface area (TPSA) is 29.3 Å². The van der Waals surface area contributed by atoms with Gasteiger partial charge in [-0.05, 0) is 48.9 Å². The predicted octanol–water partition coefficient (Wildman–Crippen LogP) is 4.27. The predicted molar refractivity (Wildman–Crippen MR) is 85.6 cm³/mol. The summed E-state index contributed by atoms with van der Waals surface area (Å²) in [4.78, 5) is 2.35. The number of anilines is 1. The second kappa shape index (κ2) is 7.07. The molecule has 0 saturated carbocycles. The van der Waals surface area contributed by atoms with Crippen molar-refractivity contribution in [3.05, 3.63) is 29.1 Å². The SMILES string of the molecule is Cc1cc(N(CC(C)C)CC(C)C)c([C@@H](C)N)cc1F. The summed E-state index contributed by atoms with van der Waals surface area (Å²) in [5.41, 5.74) is 8.70. The molecule has 20 heavy (non-hydrogen) atoms. The third-order valence-electron chi connectivity index (χ3n) is 3.31. The highest BCUT2D eigenvalue weighted by Crippen LogP contribution is 2.29. The Balaban J connectivity index is 3.26. The monoisotopic (exact) mass is 280 g/mol. The Morgan fingerprint density at radius 1 is 1.05 bits per heavy atom. The molecule has 1 aromatic carbocycles. The van der Waals surface area contributed by atoms with Crippen LogP contribution in [-0.4, -0.2) is 13.1 Å². The summed E-state index contributed by atoms with van der Waals surface area (Å²) in [7, 11) is 0. The molecule has 0 unspecified atom stereocenters. The van der Waals surface area contributed by atoms with Gasteiger partial charge in [0.15, 0.2) is 0 Å². The van der Waals surface area contributed by atoms with Gasteiger partial charge in [0.05, 0.1) is 0 Å². The molecule has 1 aromatic rings. The second-order valence-corrected chi connectivity index (χ2v) is 6.64. The van der Waals surface area contributed by atoms with Crippen LogP contribution in [0, 0.1) is 24.6 Å². The van der Waals surface area contributed by atoms with Crippen LogP contribution in [0.15, 0.2) is 12.1 Å². The fourth-order valence-corrected chi connectivity index (χ4v) is 2.47. The highest BCUT2D eigenvalue weighted by atomic mass is 19.1. The van der Waals surface area contributed by atoms with Gasteiger partial charge in [0, 0.05) is 24.8 Å². The molecular formula is C17H29FN2. The summed E-state index contributed by atoms with van der Waals surface area (Å²) >= 11 is 0. The van der Waals surface area contributed by atoms with Crippen molar-refractivity contribution in [3.63, 3.8) is 0 Å². The highest BCUT2D eigenvalue weighted by Gasteiger charge is 2.18. The Morgan fingerprint density at radius 3 is 1.95 bits per heavy atom. The van der Waals surface area contributed by atoms with E-state index in [1.807, 2.05) is 19.9 Å². The molecule has 0 aromatic heterocycles. The summed E-state index contributed by atoms with van der Waals surface area (Å²) < 4.78 is 13.8. The van der Waals surface area contributed by atoms with Crippen LogP contribution in [0.1, 0.15) is 51.8 Å². The lowest BCUT2D eigenvalue weighted by Gasteiger charge is -2.31. The van der Waals surface area contributed by atoms with Gasteiger partial charge in [0.2, 0.25) is 0 Å². The maximum absolute atomic E-state index is 13.8. The molecule has 114 valence electrons. The Kier molecular flexibility index (Phi) is 6.00. The van der Waals surface area contributed by atoms with E-state index >= 15 is 0 Å². The normalized spacial score (nSPS) is 13.1. The van der Waals surface area contributed by atoms with E-state index in [9.17, 15) is 4.39 Å². The van der Waals surface area contributed by atoms with Crippen molar-refractivity contribution in [1.82, 2.24) is 0 Å². The molecule has 0 aliphatic heterocycles. The van der Waals surface area contributed by atoms with Crippen molar-refractivity contribution < 1.29 is 4.39 Å². The van der Waals surface area contributed by atoms with E-state index < -0.39 is 0 Å². The molecule has 0 bridgehead atoms. The van der Waals surface area contributed by atoms with E-state index in [1.165, 1.54) is 0 Å². The van der Waals surface area contributed by atoms with Gasteiger partial charge in [0.1, 0.15) is 5.82 Å². The number of aryl methyl sites for hydroxylation is 1. The number of nitrogens with two attached hydrogens (primary N) is 1. The molecule has 3 heteroatoms. The van der Waals surface area contributed by atoms with Crippen LogP contribution in [0.25, 0.3) is 0 Å². The lowest BCUT2D eigenvalue weighted by molar-refractivity contribution is 0.548. The van der Waals surface area contributed by atoms with Gasteiger partial charge >= 0.3 is 0 Å². The Morgan fingerprint density at radius 2 is 1.55 bits per heavy atom. The van der Waals surface area contributed by atoms with Crippen LogP contribution in [0.2, 0.25) is 0 Å².